The number of aryl methyl sites for hydroxylation is 1. The second-order valence-corrected chi connectivity index (χ2v) is 7.74. The van der Waals surface area contributed by atoms with Gasteiger partial charge in [0.25, 0.3) is 0 Å². The summed E-state index contributed by atoms with van der Waals surface area (Å²) < 4.78 is 5.33. The van der Waals surface area contributed by atoms with E-state index in [1.807, 2.05) is 26.0 Å². The lowest BCUT2D eigenvalue weighted by atomic mass is 9.83. The van der Waals surface area contributed by atoms with Crippen molar-refractivity contribution in [3.8, 4) is 0 Å². The molecule has 0 radical (unpaired) electrons. The summed E-state index contributed by atoms with van der Waals surface area (Å²) in [6.45, 7) is 11.5. The smallest absolute Gasteiger partial charge is 0.230 e. The molecular formula is C20H32N2O3. The molecule has 1 aliphatic heterocycles. The van der Waals surface area contributed by atoms with Gasteiger partial charge < -0.3 is 15.2 Å². The van der Waals surface area contributed by atoms with Gasteiger partial charge in [-0.15, -0.1) is 0 Å². The monoisotopic (exact) mass is 348 g/mol. The summed E-state index contributed by atoms with van der Waals surface area (Å²) in [5.41, 5.74) is 0.639. The van der Waals surface area contributed by atoms with Crippen LogP contribution in [0.1, 0.15) is 38.8 Å². The first kappa shape index (κ1) is 19.9. The highest BCUT2D eigenvalue weighted by molar-refractivity contribution is 5.87. The Kier molecular flexibility index (Phi) is 6.60. The second-order valence-electron chi connectivity index (χ2n) is 7.74. The number of benzene rings is 1. The highest BCUT2D eigenvalue weighted by Gasteiger charge is 2.32. The average Bonchev–Trinajstić information content (AvgIpc) is 2.60. The van der Waals surface area contributed by atoms with Crippen LogP contribution < -0.4 is 5.32 Å². The Morgan fingerprint density at radius 1 is 1.20 bits per heavy atom. The van der Waals surface area contributed by atoms with Crippen LogP contribution in [0.15, 0.2) is 24.3 Å². The van der Waals surface area contributed by atoms with E-state index in [1.54, 1.807) is 6.92 Å². The highest BCUT2D eigenvalue weighted by Crippen LogP contribution is 2.24. The van der Waals surface area contributed by atoms with E-state index in [0.717, 1.165) is 25.1 Å². The van der Waals surface area contributed by atoms with Gasteiger partial charge in [0, 0.05) is 26.2 Å². The minimum atomic E-state index is -0.963. The molecule has 25 heavy (non-hydrogen) atoms. The van der Waals surface area contributed by atoms with E-state index in [1.165, 1.54) is 5.56 Å². The molecule has 0 aliphatic carbocycles. The number of nitrogens with one attached hydrogen (secondary N) is 1. The molecule has 0 spiro atoms. The van der Waals surface area contributed by atoms with Crippen LogP contribution >= 0.6 is 0 Å². The van der Waals surface area contributed by atoms with Gasteiger partial charge in [0.15, 0.2) is 0 Å². The van der Waals surface area contributed by atoms with Gasteiger partial charge in [0.2, 0.25) is 5.91 Å². The SMILES string of the molecule is CCc1ccc(C(C)(C)C(=O)NCC(C)(O)CN2CCOCC2)cc1. The Balaban J connectivity index is 1.92. The molecule has 1 amide bonds. The van der Waals surface area contributed by atoms with Crippen LogP contribution in [0.2, 0.25) is 0 Å². The summed E-state index contributed by atoms with van der Waals surface area (Å²) in [5.74, 6) is -0.0704. The maximum absolute atomic E-state index is 12.7. The summed E-state index contributed by atoms with van der Waals surface area (Å²) in [4.78, 5) is 14.9. The summed E-state index contributed by atoms with van der Waals surface area (Å²) >= 11 is 0. The van der Waals surface area contributed by atoms with Crippen molar-refractivity contribution in [3.63, 3.8) is 0 Å². The summed E-state index contributed by atoms with van der Waals surface area (Å²) in [7, 11) is 0. The Bertz CT molecular complexity index is 561. The minimum absolute atomic E-state index is 0.0704. The molecule has 1 aliphatic rings. The third-order valence-corrected chi connectivity index (χ3v) is 4.95. The number of morpholine rings is 1. The van der Waals surface area contributed by atoms with Gasteiger partial charge in [-0.3, -0.25) is 9.69 Å². The van der Waals surface area contributed by atoms with Crippen molar-refractivity contribution < 1.29 is 14.6 Å². The molecule has 5 heteroatoms. The molecular weight excluding hydrogens is 316 g/mol. The molecule has 1 saturated heterocycles. The van der Waals surface area contributed by atoms with Gasteiger partial charge in [-0.1, -0.05) is 31.2 Å². The zero-order valence-corrected chi connectivity index (χ0v) is 16.0. The molecule has 1 aromatic rings. The van der Waals surface area contributed by atoms with Crippen molar-refractivity contribution in [2.75, 3.05) is 39.4 Å². The molecule has 0 bridgehead atoms. The number of hydrogen-bond donors (Lipinski definition) is 2. The third kappa shape index (κ3) is 5.53. The van der Waals surface area contributed by atoms with E-state index in [4.69, 9.17) is 4.74 Å². The minimum Gasteiger partial charge on any atom is -0.387 e. The number of ether oxygens (including phenoxy) is 1. The number of rotatable bonds is 7. The molecule has 1 atom stereocenters. The average molecular weight is 348 g/mol. The Hall–Kier alpha value is -1.43. The molecule has 1 aromatic carbocycles. The predicted octanol–water partition coefficient (Wildman–Crippen LogP) is 1.73. The molecule has 1 heterocycles. The fraction of sp³-hybridized carbons (Fsp3) is 0.650. The van der Waals surface area contributed by atoms with Crippen molar-refractivity contribution in [3.05, 3.63) is 35.4 Å². The first-order valence-corrected chi connectivity index (χ1v) is 9.15. The first-order chi connectivity index (χ1) is 11.7. The number of nitrogens with zero attached hydrogens (tertiary/aromatic N) is 1. The molecule has 1 unspecified atom stereocenters. The number of carbonyl (C=O) groups is 1. The predicted molar refractivity (Wildman–Crippen MR) is 99.7 cm³/mol. The quantitative estimate of drug-likeness (QED) is 0.788. The van der Waals surface area contributed by atoms with Crippen LogP contribution in [0.3, 0.4) is 0 Å². The number of hydrogen-bond acceptors (Lipinski definition) is 4. The zero-order chi connectivity index (χ0) is 18.5. The molecule has 1 fully saturated rings. The van der Waals surface area contributed by atoms with Gasteiger partial charge >= 0.3 is 0 Å². The van der Waals surface area contributed by atoms with Gasteiger partial charge in [0.1, 0.15) is 0 Å². The van der Waals surface area contributed by atoms with Crippen LogP contribution in [0, 0.1) is 0 Å². The lowest BCUT2D eigenvalue weighted by Gasteiger charge is -2.34. The Morgan fingerprint density at radius 2 is 1.80 bits per heavy atom. The normalized spacial score (nSPS) is 18.6. The number of β-amino-alcohol motifs (C(OH)–C–C–N with tert-alkyl or cyclic N) is 1. The molecule has 0 aromatic heterocycles. The number of amides is 1. The van der Waals surface area contributed by atoms with E-state index >= 15 is 0 Å². The van der Waals surface area contributed by atoms with Crippen LogP contribution in [-0.4, -0.2) is 60.9 Å². The Morgan fingerprint density at radius 3 is 2.36 bits per heavy atom. The molecule has 2 N–H and O–H groups in total. The standard InChI is InChI=1S/C20H32N2O3/c1-5-16-6-8-17(9-7-16)19(2,3)18(23)21-14-20(4,24)15-22-10-12-25-13-11-22/h6-9,24H,5,10-15H2,1-4H3,(H,21,23). The van der Waals surface area contributed by atoms with Crippen molar-refractivity contribution in [1.82, 2.24) is 10.2 Å². The topological polar surface area (TPSA) is 61.8 Å². The second kappa shape index (κ2) is 8.30. The number of aliphatic hydroxyl groups is 1. The van der Waals surface area contributed by atoms with Crippen LogP contribution in [0.25, 0.3) is 0 Å². The fourth-order valence-corrected chi connectivity index (χ4v) is 3.08. The molecule has 2 rings (SSSR count). The third-order valence-electron chi connectivity index (χ3n) is 4.95. The summed E-state index contributed by atoms with van der Waals surface area (Å²) in [5, 5.41) is 13.6. The van der Waals surface area contributed by atoms with E-state index in [0.29, 0.717) is 19.8 Å². The van der Waals surface area contributed by atoms with E-state index in [-0.39, 0.29) is 12.5 Å². The van der Waals surface area contributed by atoms with Gasteiger partial charge in [0.05, 0.1) is 24.2 Å². The summed E-state index contributed by atoms with van der Waals surface area (Å²) in [6.07, 6.45) is 0.983. The Labute approximate surface area is 151 Å². The first-order valence-electron chi connectivity index (χ1n) is 9.15. The summed E-state index contributed by atoms with van der Waals surface area (Å²) in [6, 6.07) is 8.17. The largest absolute Gasteiger partial charge is 0.387 e. The van der Waals surface area contributed by atoms with Gasteiger partial charge in [-0.05, 0) is 38.3 Å². The fourth-order valence-electron chi connectivity index (χ4n) is 3.08. The lowest BCUT2D eigenvalue weighted by molar-refractivity contribution is -0.127. The van der Waals surface area contributed by atoms with Crippen LogP contribution in [-0.2, 0) is 21.4 Å². The molecule has 5 nitrogen and oxygen atoms in total. The number of carbonyl (C=O) groups excluding carboxylic acids is 1. The van der Waals surface area contributed by atoms with Crippen molar-refractivity contribution in [2.24, 2.45) is 0 Å². The lowest BCUT2D eigenvalue weighted by Crippen LogP contribution is -2.53. The van der Waals surface area contributed by atoms with Crippen molar-refractivity contribution in [2.45, 2.75) is 45.1 Å². The zero-order valence-electron chi connectivity index (χ0n) is 16.0. The van der Waals surface area contributed by atoms with Crippen molar-refractivity contribution >= 4 is 5.91 Å². The van der Waals surface area contributed by atoms with Crippen LogP contribution in [0.5, 0.6) is 0 Å². The van der Waals surface area contributed by atoms with Crippen LogP contribution in [0.4, 0.5) is 0 Å². The molecule has 0 saturated carbocycles. The van der Waals surface area contributed by atoms with Crippen molar-refractivity contribution in [1.29, 1.82) is 0 Å². The highest BCUT2D eigenvalue weighted by atomic mass is 16.5. The van der Waals surface area contributed by atoms with E-state index < -0.39 is 11.0 Å². The maximum Gasteiger partial charge on any atom is 0.230 e. The van der Waals surface area contributed by atoms with Gasteiger partial charge in [-0.2, -0.15) is 0 Å². The van der Waals surface area contributed by atoms with Gasteiger partial charge in [-0.25, -0.2) is 0 Å². The molecule has 140 valence electrons. The maximum atomic E-state index is 12.7. The van der Waals surface area contributed by atoms with E-state index in [9.17, 15) is 9.90 Å². The van der Waals surface area contributed by atoms with E-state index in [2.05, 4.69) is 29.3 Å².